The minimum absolute atomic E-state index is 0.0537. The number of carbonyl (C=O) groups excluding carboxylic acids is 1. The molecule has 1 aliphatic carbocycles. The minimum atomic E-state index is -0.759. The molecule has 0 saturated heterocycles. The Labute approximate surface area is 168 Å². The zero-order valence-corrected chi connectivity index (χ0v) is 15.9. The van der Waals surface area contributed by atoms with Crippen molar-refractivity contribution in [1.82, 2.24) is 20.1 Å². The molecule has 3 aromatic rings. The second kappa shape index (κ2) is 8.26. The van der Waals surface area contributed by atoms with Crippen LogP contribution in [0.4, 0.5) is 0 Å². The van der Waals surface area contributed by atoms with Gasteiger partial charge >= 0.3 is 5.97 Å². The molecule has 148 valence electrons. The van der Waals surface area contributed by atoms with E-state index in [0.29, 0.717) is 31.5 Å². The number of carboxylic acid groups (broad SMARTS) is 1. The highest BCUT2D eigenvalue weighted by Crippen LogP contribution is 2.25. The first-order valence-electron chi connectivity index (χ1n) is 9.73. The summed E-state index contributed by atoms with van der Waals surface area (Å²) in [7, 11) is 0. The first kappa shape index (κ1) is 18.9. The molecule has 7 heteroatoms. The Hall–Kier alpha value is -3.48. The second-order valence-electron chi connectivity index (χ2n) is 7.23. The average molecular weight is 390 g/mol. The van der Waals surface area contributed by atoms with Crippen molar-refractivity contribution in [3.8, 4) is 17.1 Å². The van der Waals surface area contributed by atoms with E-state index in [0.717, 1.165) is 11.3 Å². The quantitative estimate of drug-likeness (QED) is 0.697. The summed E-state index contributed by atoms with van der Waals surface area (Å²) in [5, 5.41) is 16.6. The molecule has 2 aromatic carbocycles. The van der Waals surface area contributed by atoms with E-state index in [1.165, 1.54) is 0 Å². The van der Waals surface area contributed by atoms with Crippen LogP contribution in [0.2, 0.25) is 0 Å². The lowest BCUT2D eigenvalue weighted by atomic mass is 9.86. The Morgan fingerprint density at radius 3 is 2.17 bits per heavy atom. The van der Waals surface area contributed by atoms with Crippen LogP contribution in [0.5, 0.6) is 0 Å². The lowest BCUT2D eigenvalue weighted by Crippen LogP contribution is -2.39. The molecule has 1 fully saturated rings. The van der Waals surface area contributed by atoms with Crippen molar-refractivity contribution in [2.75, 3.05) is 0 Å². The van der Waals surface area contributed by atoms with Crippen LogP contribution in [-0.2, 0) is 4.79 Å². The molecule has 0 spiro atoms. The summed E-state index contributed by atoms with van der Waals surface area (Å²) in [4.78, 5) is 28.4. The molecule has 1 aromatic heterocycles. The van der Waals surface area contributed by atoms with Crippen LogP contribution in [-0.4, -0.2) is 37.8 Å². The molecule has 1 amide bonds. The lowest BCUT2D eigenvalue weighted by molar-refractivity contribution is -0.142. The number of aliphatic carboxylic acids is 1. The van der Waals surface area contributed by atoms with Gasteiger partial charge in [0.25, 0.3) is 5.91 Å². The lowest BCUT2D eigenvalue weighted by Gasteiger charge is -2.26. The van der Waals surface area contributed by atoms with Crippen LogP contribution >= 0.6 is 0 Å². The van der Waals surface area contributed by atoms with Crippen LogP contribution in [0.3, 0.4) is 0 Å². The zero-order chi connectivity index (χ0) is 20.2. The number of rotatable bonds is 5. The largest absolute Gasteiger partial charge is 0.481 e. The van der Waals surface area contributed by atoms with Gasteiger partial charge in [-0.25, -0.2) is 9.67 Å². The Bertz CT molecular complexity index is 936. The van der Waals surface area contributed by atoms with E-state index in [9.17, 15) is 9.59 Å². The number of nitrogens with one attached hydrogen (secondary N) is 1. The first-order valence-corrected chi connectivity index (χ1v) is 9.73. The molecule has 0 bridgehead atoms. The fourth-order valence-electron chi connectivity index (χ4n) is 3.67. The number of nitrogens with zero attached hydrogens (tertiary/aromatic N) is 3. The number of carbonyl (C=O) groups is 2. The maximum atomic E-state index is 12.8. The van der Waals surface area contributed by atoms with Gasteiger partial charge in [-0.05, 0) is 37.8 Å². The molecule has 1 aliphatic rings. The van der Waals surface area contributed by atoms with Crippen LogP contribution in [0.15, 0.2) is 60.7 Å². The standard InChI is InChI=1S/C22H22N4O3/c27-21(23-17-13-11-16(12-14-17)22(28)29)19-24-20(15-7-3-1-4-8-15)26(25-19)18-9-5-2-6-10-18/h1-10,16-17H,11-14H2,(H,23,27)(H,28,29). The third-order valence-electron chi connectivity index (χ3n) is 5.25. The maximum absolute atomic E-state index is 12.8. The fourth-order valence-corrected chi connectivity index (χ4v) is 3.67. The Morgan fingerprint density at radius 2 is 1.55 bits per heavy atom. The molecule has 0 unspecified atom stereocenters. The highest BCUT2D eigenvalue weighted by atomic mass is 16.4. The van der Waals surface area contributed by atoms with Gasteiger partial charge in [0, 0.05) is 11.6 Å². The summed E-state index contributed by atoms with van der Waals surface area (Å²) in [5.41, 5.74) is 1.68. The van der Waals surface area contributed by atoms with Crippen molar-refractivity contribution in [2.24, 2.45) is 5.92 Å². The van der Waals surface area contributed by atoms with Crippen LogP contribution in [0, 0.1) is 5.92 Å². The van der Waals surface area contributed by atoms with E-state index < -0.39 is 5.97 Å². The minimum Gasteiger partial charge on any atom is -0.481 e. The van der Waals surface area contributed by atoms with Crippen molar-refractivity contribution in [1.29, 1.82) is 0 Å². The Morgan fingerprint density at radius 1 is 0.931 bits per heavy atom. The zero-order valence-electron chi connectivity index (χ0n) is 15.9. The van der Waals surface area contributed by atoms with Crippen molar-refractivity contribution < 1.29 is 14.7 Å². The van der Waals surface area contributed by atoms with Gasteiger partial charge in [0.05, 0.1) is 11.6 Å². The maximum Gasteiger partial charge on any atom is 0.306 e. The topological polar surface area (TPSA) is 97.1 Å². The summed E-state index contributed by atoms with van der Waals surface area (Å²) < 4.78 is 1.67. The van der Waals surface area contributed by atoms with Gasteiger partial charge in [-0.3, -0.25) is 9.59 Å². The number of benzene rings is 2. The summed E-state index contributed by atoms with van der Waals surface area (Å²) >= 11 is 0. The van der Waals surface area contributed by atoms with Gasteiger partial charge in [-0.15, -0.1) is 5.10 Å². The molecule has 1 saturated carbocycles. The van der Waals surface area contributed by atoms with Gasteiger partial charge in [-0.1, -0.05) is 48.5 Å². The van der Waals surface area contributed by atoms with E-state index in [4.69, 9.17) is 5.11 Å². The number of carboxylic acids is 1. The summed E-state index contributed by atoms with van der Waals surface area (Å²) in [6.07, 6.45) is 2.43. The molecular formula is C22H22N4O3. The summed E-state index contributed by atoms with van der Waals surface area (Å²) in [5.74, 6) is -0.714. The number of aromatic nitrogens is 3. The van der Waals surface area contributed by atoms with Crippen molar-refractivity contribution >= 4 is 11.9 Å². The first-order chi connectivity index (χ1) is 14.1. The third-order valence-corrected chi connectivity index (χ3v) is 5.25. The number of amides is 1. The Kier molecular flexibility index (Phi) is 5.37. The van der Waals surface area contributed by atoms with Crippen LogP contribution in [0.25, 0.3) is 17.1 Å². The van der Waals surface area contributed by atoms with Crippen LogP contribution < -0.4 is 5.32 Å². The van der Waals surface area contributed by atoms with Gasteiger partial charge in [0.2, 0.25) is 5.82 Å². The van der Waals surface area contributed by atoms with Gasteiger partial charge < -0.3 is 10.4 Å². The highest BCUT2D eigenvalue weighted by Gasteiger charge is 2.28. The molecule has 0 atom stereocenters. The van der Waals surface area contributed by atoms with Crippen LogP contribution in [0.1, 0.15) is 36.3 Å². The fraction of sp³-hybridized carbons (Fsp3) is 0.273. The molecule has 2 N–H and O–H groups in total. The van der Waals surface area contributed by atoms with E-state index in [2.05, 4.69) is 15.4 Å². The monoisotopic (exact) mass is 390 g/mol. The van der Waals surface area contributed by atoms with E-state index in [1.807, 2.05) is 60.7 Å². The number of hydrogen-bond donors (Lipinski definition) is 2. The Balaban J connectivity index is 1.57. The average Bonchev–Trinajstić information content (AvgIpc) is 3.21. The predicted molar refractivity (Wildman–Crippen MR) is 108 cm³/mol. The van der Waals surface area contributed by atoms with E-state index >= 15 is 0 Å². The second-order valence-corrected chi connectivity index (χ2v) is 7.23. The SMILES string of the molecule is O=C(NC1CCC(C(=O)O)CC1)c1nc(-c2ccccc2)n(-c2ccccc2)n1. The third kappa shape index (κ3) is 4.18. The smallest absolute Gasteiger partial charge is 0.306 e. The molecular weight excluding hydrogens is 368 g/mol. The molecule has 1 heterocycles. The molecule has 4 rings (SSSR count). The van der Waals surface area contributed by atoms with E-state index in [1.54, 1.807) is 4.68 Å². The normalized spacial score (nSPS) is 18.9. The van der Waals surface area contributed by atoms with Crippen molar-refractivity contribution in [3.63, 3.8) is 0 Å². The summed E-state index contributed by atoms with van der Waals surface area (Å²) in [6.45, 7) is 0. The van der Waals surface area contributed by atoms with Gasteiger partial charge in [-0.2, -0.15) is 0 Å². The van der Waals surface area contributed by atoms with Gasteiger partial charge in [0.15, 0.2) is 5.82 Å². The molecule has 29 heavy (non-hydrogen) atoms. The van der Waals surface area contributed by atoms with Crippen molar-refractivity contribution in [2.45, 2.75) is 31.7 Å². The van der Waals surface area contributed by atoms with Crippen molar-refractivity contribution in [3.05, 3.63) is 66.5 Å². The number of hydrogen-bond acceptors (Lipinski definition) is 4. The molecule has 7 nitrogen and oxygen atoms in total. The predicted octanol–water partition coefficient (Wildman–Crippen LogP) is 3.31. The highest BCUT2D eigenvalue weighted by molar-refractivity contribution is 5.91. The molecule has 0 aliphatic heterocycles. The summed E-state index contributed by atoms with van der Waals surface area (Å²) in [6, 6.07) is 19.1. The number of para-hydroxylation sites is 1. The van der Waals surface area contributed by atoms with E-state index in [-0.39, 0.29) is 23.7 Å². The van der Waals surface area contributed by atoms with Gasteiger partial charge in [0.1, 0.15) is 0 Å². The molecule has 0 radical (unpaired) electrons.